The number of carbonyl (C=O) groups excluding carboxylic acids is 5. The van der Waals surface area contributed by atoms with Gasteiger partial charge in [-0.25, -0.2) is 4.79 Å². The third kappa shape index (κ3) is 7.05. The molecule has 3 fully saturated rings. The summed E-state index contributed by atoms with van der Waals surface area (Å²) in [6.45, 7) is 12.0. The smallest absolute Gasteiger partial charge is 0.315 e. The summed E-state index contributed by atoms with van der Waals surface area (Å²) in [7, 11) is 0. The predicted octanol–water partition coefficient (Wildman–Crippen LogP) is 3.21. The Morgan fingerprint density at radius 1 is 0.978 bits per heavy atom. The SMILES string of the molecule is C=CCCC(NC(=O)[C@@H]1[C@@H]2[C@H](CN1C(=O)[C@@H](NC(=O)NC1CCCCC1)C1Cc3ccccc3C1)C2(C)C)C(=O)C(=O)NCC=C. The van der Waals surface area contributed by atoms with Gasteiger partial charge in [-0.15, -0.1) is 13.2 Å². The minimum Gasteiger partial charge on any atom is -0.346 e. The van der Waals surface area contributed by atoms with Crippen LogP contribution in [0.5, 0.6) is 0 Å². The van der Waals surface area contributed by atoms with Crippen LogP contribution in [0.15, 0.2) is 49.6 Å². The zero-order valence-electron chi connectivity index (χ0n) is 27.2. The molecule has 4 N–H and O–H groups in total. The molecule has 1 aromatic carbocycles. The van der Waals surface area contributed by atoms with Crippen molar-refractivity contribution in [3.8, 4) is 0 Å². The third-order valence-electron chi connectivity index (χ3n) is 10.7. The van der Waals surface area contributed by atoms with Gasteiger partial charge >= 0.3 is 6.03 Å². The molecule has 1 aromatic rings. The van der Waals surface area contributed by atoms with E-state index in [1.807, 2.05) is 12.1 Å². The lowest BCUT2D eigenvalue weighted by molar-refractivity contribution is -0.144. The normalized spacial score (nSPS) is 24.5. The first kappa shape index (κ1) is 33.4. The Labute approximate surface area is 272 Å². The largest absolute Gasteiger partial charge is 0.346 e. The van der Waals surface area contributed by atoms with Crippen molar-refractivity contribution in [3.63, 3.8) is 0 Å². The first-order valence-electron chi connectivity index (χ1n) is 16.8. The van der Waals surface area contributed by atoms with Crippen LogP contribution < -0.4 is 21.3 Å². The van der Waals surface area contributed by atoms with Gasteiger partial charge < -0.3 is 26.2 Å². The molecular formula is C36H49N5O5. The second kappa shape index (κ2) is 14.2. The average molecular weight is 632 g/mol. The number of rotatable bonds is 13. The molecule has 1 unspecified atom stereocenters. The van der Waals surface area contributed by atoms with Gasteiger partial charge in [-0.2, -0.15) is 0 Å². The van der Waals surface area contributed by atoms with E-state index in [2.05, 4.69) is 60.4 Å². The highest BCUT2D eigenvalue weighted by Gasteiger charge is 2.69. The summed E-state index contributed by atoms with van der Waals surface area (Å²) in [5.41, 5.74) is 2.17. The maximum atomic E-state index is 14.6. The van der Waals surface area contributed by atoms with E-state index >= 15 is 0 Å². The van der Waals surface area contributed by atoms with Crippen molar-refractivity contribution in [2.75, 3.05) is 13.1 Å². The molecule has 3 aliphatic carbocycles. The molecule has 46 heavy (non-hydrogen) atoms. The molecule has 2 saturated carbocycles. The van der Waals surface area contributed by atoms with Crippen molar-refractivity contribution in [1.82, 2.24) is 26.2 Å². The van der Waals surface area contributed by atoms with E-state index in [1.165, 1.54) is 6.08 Å². The summed E-state index contributed by atoms with van der Waals surface area (Å²) >= 11 is 0. The Bertz CT molecular complexity index is 1340. The zero-order valence-corrected chi connectivity index (χ0v) is 27.2. The molecule has 0 bridgehead atoms. The van der Waals surface area contributed by atoms with Gasteiger partial charge in [-0.05, 0) is 72.8 Å². The van der Waals surface area contributed by atoms with Crippen LogP contribution in [-0.2, 0) is 32.0 Å². The highest BCUT2D eigenvalue weighted by molar-refractivity contribution is 6.38. The number of fused-ring (bicyclic) bond motifs is 2. The quantitative estimate of drug-likeness (QED) is 0.196. The number of amides is 5. The molecule has 0 radical (unpaired) electrons. The highest BCUT2D eigenvalue weighted by atomic mass is 16.2. The molecule has 1 heterocycles. The number of nitrogens with one attached hydrogen (secondary N) is 4. The van der Waals surface area contributed by atoms with E-state index in [1.54, 1.807) is 11.0 Å². The second-order valence-corrected chi connectivity index (χ2v) is 14.0. The second-order valence-electron chi connectivity index (χ2n) is 14.0. The van der Waals surface area contributed by atoms with Crippen LogP contribution >= 0.6 is 0 Å². The number of ketones is 1. The number of urea groups is 1. The molecule has 5 rings (SSSR count). The van der Waals surface area contributed by atoms with E-state index in [9.17, 15) is 24.0 Å². The molecule has 4 aliphatic rings. The Hall–Kier alpha value is -3.95. The van der Waals surface area contributed by atoms with Crippen LogP contribution in [-0.4, -0.2) is 71.7 Å². The van der Waals surface area contributed by atoms with Gasteiger partial charge in [0.25, 0.3) is 5.91 Å². The lowest BCUT2D eigenvalue weighted by atomic mass is 9.93. The lowest BCUT2D eigenvalue weighted by Crippen LogP contribution is -2.60. The van der Waals surface area contributed by atoms with Gasteiger partial charge in [0.1, 0.15) is 12.1 Å². The summed E-state index contributed by atoms with van der Waals surface area (Å²) in [5.74, 6) is -2.43. The maximum absolute atomic E-state index is 14.6. The van der Waals surface area contributed by atoms with Gasteiger partial charge in [-0.1, -0.05) is 69.5 Å². The van der Waals surface area contributed by atoms with E-state index < -0.39 is 35.7 Å². The molecule has 5 atom stereocenters. The van der Waals surface area contributed by atoms with Crippen LogP contribution in [0.25, 0.3) is 0 Å². The fourth-order valence-corrected chi connectivity index (χ4v) is 8.04. The number of nitrogens with zero attached hydrogens (tertiary/aromatic N) is 1. The van der Waals surface area contributed by atoms with Crippen LogP contribution in [0.4, 0.5) is 4.79 Å². The van der Waals surface area contributed by atoms with Crippen molar-refractivity contribution in [2.24, 2.45) is 23.2 Å². The zero-order chi connectivity index (χ0) is 33.0. The van der Waals surface area contributed by atoms with Crippen LogP contribution in [0, 0.1) is 23.2 Å². The Morgan fingerprint density at radius 2 is 1.65 bits per heavy atom. The summed E-state index contributed by atoms with van der Waals surface area (Å²) in [4.78, 5) is 69.3. The van der Waals surface area contributed by atoms with Crippen molar-refractivity contribution in [1.29, 1.82) is 0 Å². The summed E-state index contributed by atoms with van der Waals surface area (Å²) in [6, 6.07) is 5.12. The van der Waals surface area contributed by atoms with E-state index in [0.29, 0.717) is 25.8 Å². The standard InChI is InChI=1S/C36H49N5O5/c1-5-7-17-27(31(42)33(44)37-18-6-2)39-32(43)30-28-26(36(28,3)4)21-41(30)34(45)29(24-19-22-13-11-12-14-23(22)20-24)40-35(46)38-25-15-9-8-10-16-25/h5-6,11-14,24-30H,1-2,7-10,15-21H2,3-4H3,(H,37,44)(H,39,43)(H2,38,40,46)/t26-,27?,28-,29-,30-/m0/s1. The number of carbonyl (C=O) groups is 5. The number of Topliss-reactive ketones (excluding diaryl/α,β-unsaturated/α-hetero) is 1. The summed E-state index contributed by atoms with van der Waals surface area (Å²) < 4.78 is 0. The minimum absolute atomic E-state index is 0.0812. The van der Waals surface area contributed by atoms with Gasteiger partial charge in [0.15, 0.2) is 0 Å². The molecule has 0 spiro atoms. The van der Waals surface area contributed by atoms with Gasteiger partial charge in [0.2, 0.25) is 17.6 Å². The van der Waals surface area contributed by atoms with Crippen LogP contribution in [0.3, 0.4) is 0 Å². The van der Waals surface area contributed by atoms with Gasteiger partial charge in [0, 0.05) is 19.1 Å². The minimum atomic E-state index is -1.06. The molecule has 248 valence electrons. The number of allylic oxidation sites excluding steroid dienone is 1. The van der Waals surface area contributed by atoms with Gasteiger partial charge in [-0.3, -0.25) is 19.2 Å². The molecule has 10 nitrogen and oxygen atoms in total. The number of hydrogen-bond donors (Lipinski definition) is 4. The van der Waals surface area contributed by atoms with E-state index in [4.69, 9.17) is 0 Å². The van der Waals surface area contributed by atoms with Crippen LogP contribution in [0.1, 0.15) is 69.9 Å². The molecule has 1 aliphatic heterocycles. The maximum Gasteiger partial charge on any atom is 0.315 e. The van der Waals surface area contributed by atoms with Crippen molar-refractivity contribution in [3.05, 3.63) is 60.7 Å². The summed E-state index contributed by atoms with van der Waals surface area (Å²) in [6.07, 6.45) is 10.2. The lowest BCUT2D eigenvalue weighted by Gasteiger charge is -2.35. The van der Waals surface area contributed by atoms with E-state index in [0.717, 1.165) is 43.2 Å². The first-order valence-corrected chi connectivity index (χ1v) is 16.8. The number of hydrogen-bond acceptors (Lipinski definition) is 5. The number of likely N-dealkylation sites (tertiary alicyclic amines) is 1. The average Bonchev–Trinajstić information content (AvgIpc) is 3.40. The Morgan fingerprint density at radius 3 is 2.28 bits per heavy atom. The first-order chi connectivity index (χ1) is 22.1. The third-order valence-corrected chi connectivity index (χ3v) is 10.7. The van der Waals surface area contributed by atoms with E-state index in [-0.39, 0.29) is 54.1 Å². The van der Waals surface area contributed by atoms with Crippen LogP contribution in [0.2, 0.25) is 0 Å². The molecular weight excluding hydrogens is 582 g/mol. The Kier molecular flexibility index (Phi) is 10.3. The highest BCUT2D eigenvalue weighted by Crippen LogP contribution is 2.65. The molecule has 1 saturated heterocycles. The van der Waals surface area contributed by atoms with Crippen molar-refractivity contribution < 1.29 is 24.0 Å². The topological polar surface area (TPSA) is 137 Å². The molecule has 0 aromatic heterocycles. The fourth-order valence-electron chi connectivity index (χ4n) is 8.04. The summed E-state index contributed by atoms with van der Waals surface area (Å²) in [5, 5.41) is 11.5. The predicted molar refractivity (Wildman–Crippen MR) is 176 cm³/mol. The number of benzene rings is 1. The monoisotopic (exact) mass is 631 g/mol. The molecule has 10 heteroatoms. The number of piperidine rings is 1. The van der Waals surface area contributed by atoms with Crippen molar-refractivity contribution in [2.45, 2.75) is 95.8 Å². The molecule has 5 amide bonds. The van der Waals surface area contributed by atoms with Crippen molar-refractivity contribution >= 4 is 29.5 Å². The fraction of sp³-hybridized carbons (Fsp3) is 0.583. The van der Waals surface area contributed by atoms with Gasteiger partial charge in [0.05, 0.1) is 6.04 Å². The Balaban J connectivity index is 1.37.